The number of nitrogens with zero attached hydrogens (tertiary/aromatic N) is 1. The van der Waals surface area contributed by atoms with Crippen molar-refractivity contribution in [2.45, 2.75) is 23.3 Å². The molecule has 2 atom stereocenters. The molecule has 0 bridgehead atoms. The molecule has 3 rings (SSSR count). The first kappa shape index (κ1) is 18.7. The van der Waals surface area contributed by atoms with Crippen molar-refractivity contribution in [1.29, 1.82) is 0 Å². The van der Waals surface area contributed by atoms with Crippen molar-refractivity contribution >= 4 is 10.0 Å². The summed E-state index contributed by atoms with van der Waals surface area (Å²) in [5.74, 6) is 0.615. The highest BCUT2D eigenvalue weighted by Crippen LogP contribution is 2.35. The molecular formula is C19H23NO5S. The summed E-state index contributed by atoms with van der Waals surface area (Å²) in [5.41, 5.74) is 1.02. The molecule has 1 aliphatic rings. The summed E-state index contributed by atoms with van der Waals surface area (Å²) >= 11 is 0. The smallest absolute Gasteiger partial charge is 0.246 e. The normalized spacial score (nSPS) is 21.3. The van der Waals surface area contributed by atoms with E-state index in [4.69, 9.17) is 9.47 Å². The fourth-order valence-corrected chi connectivity index (χ4v) is 4.98. The van der Waals surface area contributed by atoms with Crippen LogP contribution in [0.5, 0.6) is 11.5 Å². The highest BCUT2D eigenvalue weighted by Gasteiger charge is 2.36. The molecule has 1 saturated heterocycles. The first-order valence-electron chi connectivity index (χ1n) is 8.42. The number of benzene rings is 2. The van der Waals surface area contributed by atoms with Gasteiger partial charge in [-0.05, 0) is 24.1 Å². The Morgan fingerprint density at radius 2 is 1.81 bits per heavy atom. The number of β-amino-alcohol motifs (C(OH)–C–C–N with tert-alkyl or cyclic N) is 1. The average Bonchev–Trinajstić information content (AvgIpc) is 2.68. The standard InChI is InChI=1S/C19H23NO5S/c1-24-15-8-9-18(25-2)19(12-15)26(22,23)20-11-10-16(17(21)13-20)14-6-4-3-5-7-14/h3-9,12,16-17,21H,10-11,13H2,1-2H3/t16-,17+/m0/s1. The van der Waals surface area contributed by atoms with Crippen LogP contribution in [0.25, 0.3) is 0 Å². The molecule has 0 radical (unpaired) electrons. The van der Waals surface area contributed by atoms with E-state index in [0.717, 1.165) is 5.56 Å². The van der Waals surface area contributed by atoms with Crippen LogP contribution in [0.1, 0.15) is 17.9 Å². The van der Waals surface area contributed by atoms with Crippen molar-refractivity contribution < 1.29 is 23.0 Å². The maximum Gasteiger partial charge on any atom is 0.246 e. The molecule has 1 N–H and O–H groups in total. The molecule has 140 valence electrons. The van der Waals surface area contributed by atoms with Crippen molar-refractivity contribution in [3.63, 3.8) is 0 Å². The number of hydrogen-bond acceptors (Lipinski definition) is 5. The Morgan fingerprint density at radius 1 is 1.08 bits per heavy atom. The number of ether oxygens (including phenoxy) is 2. The van der Waals surface area contributed by atoms with Gasteiger partial charge in [-0.3, -0.25) is 0 Å². The van der Waals surface area contributed by atoms with E-state index < -0.39 is 16.1 Å². The van der Waals surface area contributed by atoms with Gasteiger partial charge in [0.25, 0.3) is 0 Å². The minimum Gasteiger partial charge on any atom is -0.497 e. The van der Waals surface area contributed by atoms with Crippen LogP contribution in [0.4, 0.5) is 0 Å². The van der Waals surface area contributed by atoms with Crippen LogP contribution in [0.15, 0.2) is 53.4 Å². The van der Waals surface area contributed by atoms with Crippen LogP contribution >= 0.6 is 0 Å². The van der Waals surface area contributed by atoms with Crippen molar-refractivity contribution in [3.05, 3.63) is 54.1 Å². The van der Waals surface area contributed by atoms with Gasteiger partial charge in [0.1, 0.15) is 16.4 Å². The number of hydrogen-bond donors (Lipinski definition) is 1. The molecule has 1 fully saturated rings. The van der Waals surface area contributed by atoms with Gasteiger partial charge in [0.05, 0.1) is 20.3 Å². The molecule has 0 spiro atoms. The summed E-state index contributed by atoms with van der Waals surface area (Å²) in [4.78, 5) is 0.0460. The van der Waals surface area contributed by atoms with Crippen molar-refractivity contribution in [2.24, 2.45) is 0 Å². The van der Waals surface area contributed by atoms with Gasteiger partial charge in [0.2, 0.25) is 10.0 Å². The quantitative estimate of drug-likeness (QED) is 0.865. The average molecular weight is 377 g/mol. The monoisotopic (exact) mass is 377 g/mol. The highest BCUT2D eigenvalue weighted by atomic mass is 32.2. The number of rotatable bonds is 5. The zero-order chi connectivity index (χ0) is 18.7. The summed E-state index contributed by atoms with van der Waals surface area (Å²) in [6.07, 6.45) is -0.214. The molecule has 7 heteroatoms. The van der Waals surface area contributed by atoms with Gasteiger partial charge in [-0.15, -0.1) is 0 Å². The van der Waals surface area contributed by atoms with Gasteiger partial charge < -0.3 is 14.6 Å². The van der Waals surface area contributed by atoms with Crippen LogP contribution in [-0.4, -0.2) is 51.2 Å². The van der Waals surface area contributed by atoms with Gasteiger partial charge in [0.15, 0.2) is 0 Å². The number of sulfonamides is 1. The first-order chi connectivity index (χ1) is 12.5. The number of aliphatic hydroxyl groups is 1. The zero-order valence-corrected chi connectivity index (χ0v) is 15.6. The lowest BCUT2D eigenvalue weighted by Crippen LogP contribution is -2.45. The van der Waals surface area contributed by atoms with E-state index in [9.17, 15) is 13.5 Å². The minimum atomic E-state index is -3.81. The largest absolute Gasteiger partial charge is 0.497 e. The van der Waals surface area contributed by atoms with E-state index in [1.807, 2.05) is 30.3 Å². The molecule has 0 amide bonds. The van der Waals surface area contributed by atoms with Crippen molar-refractivity contribution in [1.82, 2.24) is 4.31 Å². The minimum absolute atomic E-state index is 0.0439. The Bertz CT molecular complexity index is 853. The van der Waals surface area contributed by atoms with E-state index in [1.165, 1.54) is 24.6 Å². The molecule has 0 saturated carbocycles. The molecule has 2 aromatic carbocycles. The summed E-state index contributed by atoms with van der Waals surface area (Å²) in [7, 11) is -0.900. The Morgan fingerprint density at radius 3 is 2.42 bits per heavy atom. The second kappa shape index (κ2) is 7.65. The fourth-order valence-electron chi connectivity index (χ4n) is 3.33. The van der Waals surface area contributed by atoms with Crippen molar-refractivity contribution in [3.8, 4) is 11.5 Å². The third-order valence-electron chi connectivity index (χ3n) is 4.76. The van der Waals surface area contributed by atoms with Crippen LogP contribution in [0, 0.1) is 0 Å². The maximum absolute atomic E-state index is 13.1. The first-order valence-corrected chi connectivity index (χ1v) is 9.86. The third-order valence-corrected chi connectivity index (χ3v) is 6.65. The Hall–Kier alpha value is -2.09. The SMILES string of the molecule is COc1ccc(OC)c(S(=O)(=O)N2CC[C@@H](c3ccccc3)[C@H](O)C2)c1. The molecule has 6 nitrogen and oxygen atoms in total. The van der Waals surface area contributed by atoms with E-state index in [-0.39, 0.29) is 23.1 Å². The fraction of sp³-hybridized carbons (Fsp3) is 0.368. The second-order valence-electron chi connectivity index (χ2n) is 6.25. The molecular weight excluding hydrogens is 354 g/mol. The van der Waals surface area contributed by atoms with Crippen LogP contribution in [-0.2, 0) is 10.0 Å². The molecule has 2 aromatic rings. The lowest BCUT2D eigenvalue weighted by atomic mass is 9.88. The van der Waals surface area contributed by atoms with E-state index >= 15 is 0 Å². The molecule has 0 aliphatic carbocycles. The summed E-state index contributed by atoms with van der Waals surface area (Å²) in [6, 6.07) is 14.4. The molecule has 0 unspecified atom stereocenters. The zero-order valence-electron chi connectivity index (χ0n) is 14.8. The third kappa shape index (κ3) is 3.56. The Labute approximate surface area is 154 Å². The number of aliphatic hydroxyl groups excluding tert-OH is 1. The lowest BCUT2D eigenvalue weighted by molar-refractivity contribution is 0.0853. The van der Waals surface area contributed by atoms with Crippen LogP contribution < -0.4 is 9.47 Å². The summed E-state index contributed by atoms with van der Waals surface area (Å²) in [5, 5.41) is 10.6. The summed E-state index contributed by atoms with van der Waals surface area (Å²) in [6.45, 7) is 0.377. The summed E-state index contributed by atoms with van der Waals surface area (Å²) < 4.78 is 37.9. The predicted molar refractivity (Wildman–Crippen MR) is 98.1 cm³/mol. The van der Waals surface area contributed by atoms with E-state index in [1.54, 1.807) is 12.1 Å². The Balaban J connectivity index is 1.86. The van der Waals surface area contributed by atoms with Gasteiger partial charge in [-0.1, -0.05) is 30.3 Å². The number of methoxy groups -OCH3 is 2. The molecule has 1 aliphatic heterocycles. The molecule has 1 heterocycles. The number of piperidine rings is 1. The molecule has 0 aromatic heterocycles. The van der Waals surface area contributed by atoms with Gasteiger partial charge >= 0.3 is 0 Å². The maximum atomic E-state index is 13.1. The van der Waals surface area contributed by atoms with Crippen molar-refractivity contribution in [2.75, 3.05) is 27.3 Å². The second-order valence-corrected chi connectivity index (χ2v) is 8.16. The molecule has 26 heavy (non-hydrogen) atoms. The topological polar surface area (TPSA) is 76.1 Å². The van der Waals surface area contributed by atoms with Crippen LogP contribution in [0.3, 0.4) is 0 Å². The van der Waals surface area contributed by atoms with Gasteiger partial charge in [-0.2, -0.15) is 4.31 Å². The van der Waals surface area contributed by atoms with E-state index in [2.05, 4.69) is 0 Å². The van der Waals surface area contributed by atoms with Gasteiger partial charge in [0, 0.05) is 25.1 Å². The van der Waals surface area contributed by atoms with Gasteiger partial charge in [-0.25, -0.2) is 8.42 Å². The highest BCUT2D eigenvalue weighted by molar-refractivity contribution is 7.89. The predicted octanol–water partition coefficient (Wildman–Crippen LogP) is 2.24. The van der Waals surface area contributed by atoms with E-state index in [0.29, 0.717) is 18.7 Å². The van der Waals surface area contributed by atoms with Crippen LogP contribution in [0.2, 0.25) is 0 Å². The lowest BCUT2D eigenvalue weighted by Gasteiger charge is -2.35. The Kier molecular flexibility index (Phi) is 5.50.